The minimum atomic E-state index is -0.265. The fourth-order valence-corrected chi connectivity index (χ4v) is 1.75. The van der Waals surface area contributed by atoms with Crippen LogP contribution in [-0.2, 0) is 0 Å². The van der Waals surface area contributed by atoms with Gasteiger partial charge in [-0.15, -0.1) is 0 Å². The molecule has 0 aliphatic heterocycles. The van der Waals surface area contributed by atoms with E-state index in [1.807, 2.05) is 0 Å². The Morgan fingerprint density at radius 3 is 2.78 bits per heavy atom. The van der Waals surface area contributed by atoms with Crippen LogP contribution in [0.15, 0.2) is 11.1 Å². The molecule has 0 unspecified atom stereocenters. The second-order valence-corrected chi connectivity index (χ2v) is 3.92. The molecule has 2 N–H and O–H groups in total. The van der Waals surface area contributed by atoms with E-state index in [0.717, 1.165) is 32.6 Å². The Hall–Kier alpha value is -1.56. The summed E-state index contributed by atoms with van der Waals surface area (Å²) in [6.07, 6.45) is 2.37. The van der Waals surface area contributed by atoms with Gasteiger partial charge in [-0.05, 0) is 26.1 Å². The van der Waals surface area contributed by atoms with Gasteiger partial charge >= 0.3 is 0 Å². The van der Waals surface area contributed by atoms with E-state index in [1.165, 1.54) is 13.4 Å². The summed E-state index contributed by atoms with van der Waals surface area (Å²) < 4.78 is 5.02. The van der Waals surface area contributed by atoms with Crippen LogP contribution in [-0.4, -0.2) is 48.2 Å². The van der Waals surface area contributed by atoms with Crippen LogP contribution in [0, 0.1) is 0 Å². The van der Waals surface area contributed by atoms with Crippen molar-refractivity contribution in [3.05, 3.63) is 16.7 Å². The van der Waals surface area contributed by atoms with Crippen LogP contribution in [0.1, 0.15) is 20.3 Å². The largest absolute Gasteiger partial charge is 0.489 e. The zero-order valence-electron chi connectivity index (χ0n) is 11.3. The summed E-state index contributed by atoms with van der Waals surface area (Å²) in [5, 5.41) is 3.13. The third-order valence-electron chi connectivity index (χ3n) is 2.85. The molecule has 102 valence electrons. The number of anilines is 1. The van der Waals surface area contributed by atoms with Gasteiger partial charge < -0.3 is 19.9 Å². The average Bonchev–Trinajstić information content (AvgIpc) is 2.39. The molecule has 0 radical (unpaired) electrons. The molecule has 0 saturated heterocycles. The highest BCUT2D eigenvalue weighted by molar-refractivity contribution is 5.47. The Labute approximate surface area is 107 Å². The third-order valence-corrected chi connectivity index (χ3v) is 2.85. The molecule has 1 rings (SSSR count). The molecule has 0 bridgehead atoms. The van der Waals surface area contributed by atoms with Crippen molar-refractivity contribution in [3.8, 4) is 5.75 Å². The standard InChI is InChI=1S/C12H22N4O2/c1-4-16(5-2)8-6-7-13-11-10(18-3)12(17)15-9-14-11/h9H,4-8H2,1-3H3,(H2,13,14,15,17). The number of aromatic nitrogens is 2. The number of aromatic amines is 1. The zero-order valence-corrected chi connectivity index (χ0v) is 11.3. The van der Waals surface area contributed by atoms with E-state index in [9.17, 15) is 4.79 Å². The van der Waals surface area contributed by atoms with Gasteiger partial charge in [-0.2, -0.15) is 0 Å². The fourth-order valence-electron chi connectivity index (χ4n) is 1.75. The summed E-state index contributed by atoms with van der Waals surface area (Å²) in [5.41, 5.74) is -0.265. The molecular formula is C12H22N4O2. The van der Waals surface area contributed by atoms with Gasteiger partial charge in [0.15, 0.2) is 5.82 Å². The van der Waals surface area contributed by atoms with Gasteiger partial charge in [0.25, 0.3) is 5.56 Å². The molecule has 0 atom stereocenters. The van der Waals surface area contributed by atoms with Crippen molar-refractivity contribution in [3.63, 3.8) is 0 Å². The van der Waals surface area contributed by atoms with Crippen LogP contribution in [0.5, 0.6) is 5.75 Å². The molecule has 0 saturated carbocycles. The van der Waals surface area contributed by atoms with Crippen molar-refractivity contribution < 1.29 is 4.74 Å². The lowest BCUT2D eigenvalue weighted by atomic mass is 10.3. The lowest BCUT2D eigenvalue weighted by Crippen LogP contribution is -2.25. The van der Waals surface area contributed by atoms with E-state index in [2.05, 4.69) is 34.0 Å². The van der Waals surface area contributed by atoms with Crippen LogP contribution in [0.2, 0.25) is 0 Å². The second kappa shape index (κ2) is 7.71. The highest BCUT2D eigenvalue weighted by Crippen LogP contribution is 2.13. The lowest BCUT2D eigenvalue weighted by Gasteiger charge is -2.17. The quantitative estimate of drug-likeness (QED) is 0.675. The van der Waals surface area contributed by atoms with E-state index in [0.29, 0.717) is 5.82 Å². The van der Waals surface area contributed by atoms with Crippen LogP contribution < -0.4 is 15.6 Å². The Morgan fingerprint density at radius 2 is 2.17 bits per heavy atom. The maximum Gasteiger partial charge on any atom is 0.295 e. The first-order valence-electron chi connectivity index (χ1n) is 6.30. The molecule has 0 aromatic carbocycles. The number of ether oxygens (including phenoxy) is 1. The summed E-state index contributed by atoms with van der Waals surface area (Å²) >= 11 is 0. The van der Waals surface area contributed by atoms with Crippen LogP contribution in [0.4, 0.5) is 5.82 Å². The van der Waals surface area contributed by atoms with E-state index < -0.39 is 0 Å². The minimum absolute atomic E-state index is 0.236. The molecular weight excluding hydrogens is 232 g/mol. The van der Waals surface area contributed by atoms with Crippen molar-refractivity contribution in [2.75, 3.05) is 38.6 Å². The van der Waals surface area contributed by atoms with Crippen LogP contribution in [0.25, 0.3) is 0 Å². The van der Waals surface area contributed by atoms with Crippen molar-refractivity contribution in [1.29, 1.82) is 0 Å². The molecule has 1 heterocycles. The molecule has 1 aromatic rings. The van der Waals surface area contributed by atoms with E-state index >= 15 is 0 Å². The summed E-state index contributed by atoms with van der Waals surface area (Å²) in [4.78, 5) is 20.3. The monoisotopic (exact) mass is 254 g/mol. The molecule has 18 heavy (non-hydrogen) atoms. The lowest BCUT2D eigenvalue weighted by molar-refractivity contribution is 0.303. The smallest absolute Gasteiger partial charge is 0.295 e. The summed E-state index contributed by atoms with van der Waals surface area (Å²) in [7, 11) is 1.47. The number of nitrogens with zero attached hydrogens (tertiary/aromatic N) is 2. The summed E-state index contributed by atoms with van der Waals surface area (Å²) in [6, 6.07) is 0. The predicted molar refractivity (Wildman–Crippen MR) is 72.3 cm³/mol. The Morgan fingerprint density at radius 1 is 1.44 bits per heavy atom. The first-order valence-corrected chi connectivity index (χ1v) is 6.30. The van der Waals surface area contributed by atoms with Crippen LogP contribution in [0.3, 0.4) is 0 Å². The minimum Gasteiger partial charge on any atom is -0.489 e. The molecule has 0 fully saturated rings. The van der Waals surface area contributed by atoms with Gasteiger partial charge in [-0.1, -0.05) is 13.8 Å². The van der Waals surface area contributed by atoms with E-state index in [1.54, 1.807) is 0 Å². The Balaban J connectivity index is 2.44. The van der Waals surface area contributed by atoms with Gasteiger partial charge in [0.1, 0.15) is 0 Å². The second-order valence-electron chi connectivity index (χ2n) is 3.92. The first-order chi connectivity index (χ1) is 8.72. The third kappa shape index (κ3) is 4.03. The molecule has 1 aromatic heterocycles. The maximum absolute atomic E-state index is 11.4. The van der Waals surface area contributed by atoms with Gasteiger partial charge in [0.2, 0.25) is 5.75 Å². The number of H-pyrrole nitrogens is 1. The van der Waals surface area contributed by atoms with Crippen molar-refractivity contribution >= 4 is 5.82 Å². The van der Waals surface area contributed by atoms with Gasteiger partial charge in [-0.25, -0.2) is 4.98 Å². The highest BCUT2D eigenvalue weighted by atomic mass is 16.5. The predicted octanol–water partition coefficient (Wildman–Crippen LogP) is 0.922. The van der Waals surface area contributed by atoms with Crippen molar-refractivity contribution in [2.24, 2.45) is 0 Å². The molecule has 0 aliphatic carbocycles. The maximum atomic E-state index is 11.4. The Kier molecular flexibility index (Phi) is 6.21. The molecule has 6 nitrogen and oxygen atoms in total. The summed E-state index contributed by atoms with van der Waals surface area (Å²) in [6.45, 7) is 8.22. The van der Waals surface area contributed by atoms with Crippen molar-refractivity contribution in [1.82, 2.24) is 14.9 Å². The highest BCUT2D eigenvalue weighted by Gasteiger charge is 2.07. The van der Waals surface area contributed by atoms with Gasteiger partial charge in [0.05, 0.1) is 13.4 Å². The molecule has 0 aliphatic rings. The van der Waals surface area contributed by atoms with Crippen LogP contribution >= 0.6 is 0 Å². The number of rotatable bonds is 8. The van der Waals surface area contributed by atoms with Gasteiger partial charge in [0, 0.05) is 6.54 Å². The zero-order chi connectivity index (χ0) is 13.4. The fraction of sp³-hybridized carbons (Fsp3) is 0.667. The van der Waals surface area contributed by atoms with E-state index in [4.69, 9.17) is 4.74 Å². The molecule has 6 heteroatoms. The molecule has 0 spiro atoms. The SMILES string of the molecule is CCN(CC)CCCNc1nc[nH]c(=O)c1OC. The van der Waals surface area contributed by atoms with Crippen molar-refractivity contribution in [2.45, 2.75) is 20.3 Å². The van der Waals surface area contributed by atoms with Gasteiger partial charge in [-0.3, -0.25) is 4.79 Å². The normalized spacial score (nSPS) is 10.7. The summed E-state index contributed by atoms with van der Waals surface area (Å²) in [5.74, 6) is 0.737. The molecule has 0 amide bonds. The number of methoxy groups -OCH3 is 1. The number of hydrogen-bond acceptors (Lipinski definition) is 5. The number of hydrogen-bond donors (Lipinski definition) is 2. The topological polar surface area (TPSA) is 70.2 Å². The van der Waals surface area contributed by atoms with E-state index in [-0.39, 0.29) is 11.3 Å². The first kappa shape index (κ1) is 14.5. The average molecular weight is 254 g/mol. The number of nitrogens with one attached hydrogen (secondary N) is 2. The Bertz CT molecular complexity index is 401.